The van der Waals surface area contributed by atoms with E-state index in [4.69, 9.17) is 9.47 Å². The third kappa shape index (κ3) is 3.37. The number of carbonyl (C=O) groups is 2. The summed E-state index contributed by atoms with van der Waals surface area (Å²) in [5.41, 5.74) is 2.38. The van der Waals surface area contributed by atoms with Crippen LogP contribution in [-0.4, -0.2) is 31.4 Å². The zero-order chi connectivity index (χ0) is 17.4. The van der Waals surface area contributed by atoms with E-state index in [1.165, 1.54) is 0 Å². The summed E-state index contributed by atoms with van der Waals surface area (Å²) in [6.07, 6.45) is 5.39. The normalized spacial score (nSPS) is 23.2. The molecule has 0 amide bonds. The van der Waals surface area contributed by atoms with E-state index in [1.807, 2.05) is 13.0 Å². The van der Waals surface area contributed by atoms with Gasteiger partial charge in [-0.25, -0.2) is 0 Å². The minimum Gasteiger partial charge on any atom is -0.492 e. The molecule has 0 spiro atoms. The minimum absolute atomic E-state index is 0.0601. The number of ether oxygens (including phenoxy) is 2. The summed E-state index contributed by atoms with van der Waals surface area (Å²) >= 11 is 0. The largest absolute Gasteiger partial charge is 0.492 e. The summed E-state index contributed by atoms with van der Waals surface area (Å²) in [6, 6.07) is 3.79. The van der Waals surface area contributed by atoms with Crippen LogP contribution in [0.5, 0.6) is 5.75 Å². The van der Waals surface area contributed by atoms with Crippen molar-refractivity contribution in [2.45, 2.75) is 51.4 Å². The minimum atomic E-state index is 0.0601. The Morgan fingerprint density at radius 3 is 2.52 bits per heavy atom. The maximum atomic E-state index is 12.7. The Hall–Kier alpha value is -1.68. The Balaban J connectivity index is 1.70. The van der Waals surface area contributed by atoms with Gasteiger partial charge in [0.1, 0.15) is 5.75 Å². The number of Topliss-reactive ketones (excluding diaryl/α,β-unsaturated/α-hetero) is 2. The molecule has 25 heavy (non-hydrogen) atoms. The highest BCUT2D eigenvalue weighted by Crippen LogP contribution is 2.45. The summed E-state index contributed by atoms with van der Waals surface area (Å²) in [7, 11) is 0. The van der Waals surface area contributed by atoms with Gasteiger partial charge >= 0.3 is 0 Å². The van der Waals surface area contributed by atoms with Crippen molar-refractivity contribution in [3.63, 3.8) is 0 Å². The second-order valence-corrected chi connectivity index (χ2v) is 7.66. The molecule has 4 nitrogen and oxygen atoms in total. The Morgan fingerprint density at radius 2 is 1.84 bits per heavy atom. The molecule has 1 atom stereocenters. The van der Waals surface area contributed by atoms with Crippen LogP contribution in [0.3, 0.4) is 0 Å². The molecule has 1 aliphatic carbocycles. The van der Waals surface area contributed by atoms with Gasteiger partial charge in [0.15, 0.2) is 11.6 Å². The highest BCUT2D eigenvalue weighted by molar-refractivity contribution is 6.04. The molecule has 3 aliphatic rings. The number of hydrogen-bond acceptors (Lipinski definition) is 4. The fourth-order valence-electron chi connectivity index (χ4n) is 4.12. The molecular weight excluding hydrogens is 316 g/mol. The molecule has 1 saturated heterocycles. The van der Waals surface area contributed by atoms with Gasteiger partial charge in [-0.2, -0.15) is 0 Å². The van der Waals surface area contributed by atoms with Crippen molar-refractivity contribution in [3.8, 4) is 5.75 Å². The predicted molar refractivity (Wildman–Crippen MR) is 94.5 cm³/mol. The summed E-state index contributed by atoms with van der Waals surface area (Å²) in [4.78, 5) is 25.1. The average Bonchev–Trinajstić information content (AvgIpc) is 3.36. The predicted octanol–water partition coefficient (Wildman–Crippen LogP) is 4.16. The highest BCUT2D eigenvalue weighted by atomic mass is 16.5. The molecule has 1 aromatic carbocycles. The Bertz CT molecular complexity index is 683. The third-order valence-corrected chi connectivity index (χ3v) is 5.87. The van der Waals surface area contributed by atoms with Gasteiger partial charge in [-0.1, -0.05) is 6.92 Å². The molecule has 0 radical (unpaired) electrons. The lowest BCUT2D eigenvalue weighted by molar-refractivity contribution is 0.0551. The van der Waals surface area contributed by atoms with E-state index >= 15 is 0 Å². The molecule has 0 N–H and O–H groups in total. The first kappa shape index (κ1) is 16.8. The molecule has 1 saturated carbocycles. The molecule has 2 heterocycles. The van der Waals surface area contributed by atoms with Crippen LogP contribution in [0.25, 0.3) is 0 Å². The summed E-state index contributed by atoms with van der Waals surface area (Å²) in [5.74, 6) is 2.29. The van der Waals surface area contributed by atoms with Crippen molar-refractivity contribution in [3.05, 3.63) is 28.8 Å². The van der Waals surface area contributed by atoms with Gasteiger partial charge in [-0.05, 0) is 49.7 Å². The zero-order valence-corrected chi connectivity index (χ0v) is 14.9. The van der Waals surface area contributed by atoms with Gasteiger partial charge < -0.3 is 9.47 Å². The quantitative estimate of drug-likeness (QED) is 0.728. The smallest absolute Gasteiger partial charge is 0.166 e. The lowest BCUT2D eigenvalue weighted by Gasteiger charge is -2.27. The summed E-state index contributed by atoms with van der Waals surface area (Å²) < 4.78 is 11.5. The van der Waals surface area contributed by atoms with E-state index in [1.54, 1.807) is 6.07 Å². The Kier molecular flexibility index (Phi) is 4.63. The van der Waals surface area contributed by atoms with E-state index in [0.29, 0.717) is 42.4 Å². The van der Waals surface area contributed by atoms with Crippen LogP contribution >= 0.6 is 0 Å². The van der Waals surface area contributed by atoms with Crippen LogP contribution in [0.4, 0.5) is 0 Å². The van der Waals surface area contributed by atoms with Crippen LogP contribution in [0.15, 0.2) is 12.1 Å². The molecule has 4 rings (SSSR count). The molecule has 0 aromatic heterocycles. The zero-order valence-electron chi connectivity index (χ0n) is 14.9. The first-order valence-corrected chi connectivity index (χ1v) is 9.62. The lowest BCUT2D eigenvalue weighted by atomic mass is 9.81. The van der Waals surface area contributed by atoms with Crippen LogP contribution in [0.1, 0.15) is 77.6 Å². The molecular formula is C21H26O4. The van der Waals surface area contributed by atoms with Gasteiger partial charge in [0.05, 0.1) is 12.2 Å². The van der Waals surface area contributed by atoms with Crippen molar-refractivity contribution in [1.82, 2.24) is 0 Å². The monoisotopic (exact) mass is 342 g/mol. The molecule has 0 unspecified atom stereocenters. The van der Waals surface area contributed by atoms with Crippen molar-refractivity contribution in [2.75, 3.05) is 19.8 Å². The number of fused-ring (bicyclic) bond motifs is 1. The van der Waals surface area contributed by atoms with Crippen molar-refractivity contribution >= 4 is 11.6 Å². The molecule has 2 aliphatic heterocycles. The fraction of sp³-hybridized carbons (Fsp3) is 0.619. The SMILES string of the molecule is CCC(=O)c1cc(C(=O)CC2CC2)cc2c1OC[C@H]2C1CCOCC1. The molecule has 134 valence electrons. The first-order chi connectivity index (χ1) is 12.2. The lowest BCUT2D eigenvalue weighted by Crippen LogP contribution is -2.23. The summed E-state index contributed by atoms with van der Waals surface area (Å²) in [5, 5.41) is 0. The molecule has 0 bridgehead atoms. The van der Waals surface area contributed by atoms with Crippen molar-refractivity contribution in [1.29, 1.82) is 0 Å². The molecule has 1 aromatic rings. The van der Waals surface area contributed by atoms with Crippen LogP contribution in [0, 0.1) is 11.8 Å². The van der Waals surface area contributed by atoms with E-state index < -0.39 is 0 Å². The topological polar surface area (TPSA) is 52.6 Å². The van der Waals surface area contributed by atoms with Crippen molar-refractivity contribution in [2.24, 2.45) is 11.8 Å². The highest BCUT2D eigenvalue weighted by Gasteiger charge is 2.36. The van der Waals surface area contributed by atoms with Crippen LogP contribution < -0.4 is 4.74 Å². The third-order valence-electron chi connectivity index (χ3n) is 5.87. The molecule has 4 heteroatoms. The van der Waals surface area contributed by atoms with Crippen LogP contribution in [-0.2, 0) is 4.74 Å². The number of benzene rings is 1. The second-order valence-electron chi connectivity index (χ2n) is 7.66. The van der Waals surface area contributed by atoms with E-state index in [2.05, 4.69) is 0 Å². The van der Waals surface area contributed by atoms with Gasteiger partial charge in [-0.15, -0.1) is 0 Å². The van der Waals surface area contributed by atoms with Gasteiger partial charge in [0, 0.05) is 43.1 Å². The second kappa shape index (κ2) is 6.91. The van der Waals surface area contributed by atoms with E-state index in [-0.39, 0.29) is 17.5 Å². The van der Waals surface area contributed by atoms with E-state index in [9.17, 15) is 9.59 Å². The number of hydrogen-bond donors (Lipinski definition) is 0. The standard InChI is InChI=1S/C21H26O4/c1-2-19(22)17-11-15(20(23)9-13-3-4-13)10-16-18(12-25-21(16)17)14-5-7-24-8-6-14/h10-11,13-14,18H,2-9,12H2,1H3/t18-/m0/s1. The van der Waals surface area contributed by atoms with Crippen LogP contribution in [0.2, 0.25) is 0 Å². The average molecular weight is 342 g/mol. The molecule has 2 fully saturated rings. The Morgan fingerprint density at radius 1 is 1.08 bits per heavy atom. The maximum Gasteiger partial charge on any atom is 0.166 e. The first-order valence-electron chi connectivity index (χ1n) is 9.62. The summed E-state index contributed by atoms with van der Waals surface area (Å²) in [6.45, 7) is 4.05. The number of rotatable bonds is 6. The van der Waals surface area contributed by atoms with E-state index in [0.717, 1.165) is 50.2 Å². The van der Waals surface area contributed by atoms with Crippen molar-refractivity contribution < 1.29 is 19.1 Å². The Labute approximate surface area is 148 Å². The van der Waals surface area contributed by atoms with Gasteiger partial charge in [0.2, 0.25) is 0 Å². The number of carbonyl (C=O) groups excluding carboxylic acids is 2. The van der Waals surface area contributed by atoms with Gasteiger partial charge in [0.25, 0.3) is 0 Å². The fourth-order valence-corrected chi connectivity index (χ4v) is 4.12. The van der Waals surface area contributed by atoms with Gasteiger partial charge in [-0.3, -0.25) is 9.59 Å². The maximum absolute atomic E-state index is 12.7. The number of ketones is 2.